The van der Waals surface area contributed by atoms with Gasteiger partial charge in [-0.1, -0.05) is 6.92 Å². The predicted octanol–water partition coefficient (Wildman–Crippen LogP) is 1.21. The topological polar surface area (TPSA) is 54.7 Å². The summed E-state index contributed by atoms with van der Waals surface area (Å²) in [6.07, 6.45) is 2.55. The van der Waals surface area contributed by atoms with E-state index in [2.05, 4.69) is 22.9 Å². The van der Waals surface area contributed by atoms with Crippen molar-refractivity contribution in [3.05, 3.63) is 33.3 Å². The van der Waals surface area contributed by atoms with E-state index in [0.29, 0.717) is 11.3 Å². The van der Waals surface area contributed by atoms with Gasteiger partial charge >= 0.3 is 0 Å². The van der Waals surface area contributed by atoms with Gasteiger partial charge < -0.3 is 19.5 Å². The smallest absolute Gasteiger partial charge is 0.262 e. The fraction of sp³-hybridized carbons (Fsp3) is 0.600. The number of ether oxygens (including phenoxy) is 1. The molecule has 3 heterocycles. The van der Waals surface area contributed by atoms with E-state index in [1.165, 1.54) is 25.9 Å². The summed E-state index contributed by atoms with van der Waals surface area (Å²) in [6.45, 7) is 9.54. The van der Waals surface area contributed by atoms with Gasteiger partial charge in [-0.2, -0.15) is 0 Å². The number of fused-ring (bicyclic) bond motifs is 1. The van der Waals surface area contributed by atoms with Gasteiger partial charge in [0.2, 0.25) is 0 Å². The molecule has 0 atom stereocenters. The van der Waals surface area contributed by atoms with E-state index in [0.717, 1.165) is 55.4 Å². The largest absolute Gasteiger partial charge is 0.378 e. The van der Waals surface area contributed by atoms with Crippen molar-refractivity contribution in [2.45, 2.75) is 26.3 Å². The summed E-state index contributed by atoms with van der Waals surface area (Å²) in [6, 6.07) is 6.03. The number of piperidine rings is 1. The molecule has 0 radical (unpaired) electrons. The molecule has 4 rings (SSSR count). The Morgan fingerprint density at radius 1 is 1.26 bits per heavy atom. The Labute approximate surface area is 164 Å². The van der Waals surface area contributed by atoms with E-state index in [4.69, 9.17) is 17.0 Å². The fourth-order valence-corrected chi connectivity index (χ4v) is 4.43. The number of aromatic nitrogens is 2. The van der Waals surface area contributed by atoms with E-state index in [1.807, 2.05) is 12.1 Å². The number of hydrogen-bond donors (Lipinski definition) is 2. The average molecular weight is 390 g/mol. The van der Waals surface area contributed by atoms with Crippen molar-refractivity contribution in [2.24, 2.45) is 5.92 Å². The van der Waals surface area contributed by atoms with Crippen LogP contribution in [0, 0.1) is 10.7 Å². The third-order valence-corrected chi connectivity index (χ3v) is 6.33. The number of quaternary nitrogens is 1. The van der Waals surface area contributed by atoms with Crippen LogP contribution in [0.5, 0.6) is 0 Å². The van der Waals surface area contributed by atoms with E-state index in [-0.39, 0.29) is 5.56 Å². The average Bonchev–Trinajstić information content (AvgIpc) is 2.70. The second-order valence-electron chi connectivity index (χ2n) is 7.90. The molecule has 2 fully saturated rings. The number of hydrogen-bond acceptors (Lipinski definition) is 4. The number of benzene rings is 1. The summed E-state index contributed by atoms with van der Waals surface area (Å²) in [5.74, 6) is 0.832. The Morgan fingerprint density at radius 2 is 2.00 bits per heavy atom. The van der Waals surface area contributed by atoms with Crippen LogP contribution in [-0.4, -0.2) is 55.5 Å². The van der Waals surface area contributed by atoms with Crippen LogP contribution in [0.15, 0.2) is 23.0 Å². The normalized spacial score (nSPS) is 23.7. The maximum atomic E-state index is 13.1. The molecule has 0 unspecified atom stereocenters. The first kappa shape index (κ1) is 18.7. The first-order chi connectivity index (χ1) is 13.1. The number of H-pyrrole nitrogens is 1. The molecule has 146 valence electrons. The summed E-state index contributed by atoms with van der Waals surface area (Å²) in [7, 11) is 0. The minimum Gasteiger partial charge on any atom is -0.378 e. The van der Waals surface area contributed by atoms with Gasteiger partial charge in [0.15, 0.2) is 4.77 Å². The van der Waals surface area contributed by atoms with Crippen LogP contribution in [0.3, 0.4) is 0 Å². The molecule has 0 aliphatic carbocycles. The van der Waals surface area contributed by atoms with Gasteiger partial charge in [0, 0.05) is 18.8 Å². The van der Waals surface area contributed by atoms with E-state index in [9.17, 15) is 4.79 Å². The van der Waals surface area contributed by atoms with Crippen LogP contribution < -0.4 is 15.4 Å². The zero-order valence-electron chi connectivity index (χ0n) is 16.0. The Bertz CT molecular complexity index is 908. The molecule has 1 aromatic carbocycles. The van der Waals surface area contributed by atoms with Crippen LogP contribution in [0.2, 0.25) is 0 Å². The second-order valence-corrected chi connectivity index (χ2v) is 8.29. The van der Waals surface area contributed by atoms with E-state index < -0.39 is 0 Å². The Morgan fingerprint density at radius 3 is 2.74 bits per heavy atom. The highest BCUT2D eigenvalue weighted by atomic mass is 32.1. The Kier molecular flexibility index (Phi) is 5.61. The van der Waals surface area contributed by atoms with Crippen molar-refractivity contribution in [3.8, 4) is 0 Å². The lowest BCUT2D eigenvalue weighted by molar-refractivity contribution is -0.906. The molecule has 2 saturated heterocycles. The lowest BCUT2D eigenvalue weighted by atomic mass is 9.99. The SMILES string of the molecule is CC1CC[NH+](CCn2c(=S)[nH]c3ccc(N4CCOCC4)cc3c2=O)CC1. The van der Waals surface area contributed by atoms with Crippen LogP contribution in [0.4, 0.5) is 5.69 Å². The standard InChI is InChI=1S/C20H28N4O2S/c1-15-4-6-22(7-5-15)8-9-24-19(25)17-14-16(23-10-12-26-13-11-23)2-3-18(17)21-20(24)27/h2-3,14-15H,4-13H2,1H3,(H,21,27)/p+1. The number of nitrogens with one attached hydrogen (secondary N) is 2. The molecule has 0 amide bonds. The lowest BCUT2D eigenvalue weighted by Crippen LogP contribution is -3.13. The zero-order chi connectivity index (χ0) is 18.8. The van der Waals surface area contributed by atoms with Crippen LogP contribution >= 0.6 is 12.2 Å². The highest BCUT2D eigenvalue weighted by molar-refractivity contribution is 7.71. The quantitative estimate of drug-likeness (QED) is 0.772. The summed E-state index contributed by atoms with van der Waals surface area (Å²) < 4.78 is 7.70. The summed E-state index contributed by atoms with van der Waals surface area (Å²) in [5.41, 5.74) is 1.92. The van der Waals surface area contributed by atoms with Crippen molar-refractivity contribution >= 4 is 28.8 Å². The first-order valence-corrected chi connectivity index (χ1v) is 10.5. The molecule has 27 heavy (non-hydrogen) atoms. The third-order valence-electron chi connectivity index (χ3n) is 6.01. The highest BCUT2D eigenvalue weighted by Crippen LogP contribution is 2.20. The minimum atomic E-state index is 0.0219. The number of rotatable bonds is 4. The number of morpholine rings is 1. The van der Waals surface area contributed by atoms with Crippen molar-refractivity contribution in [3.63, 3.8) is 0 Å². The summed E-state index contributed by atoms with van der Waals surface area (Å²) in [5, 5.41) is 0.717. The predicted molar refractivity (Wildman–Crippen MR) is 110 cm³/mol. The van der Waals surface area contributed by atoms with Crippen molar-refractivity contribution < 1.29 is 9.64 Å². The summed E-state index contributed by atoms with van der Waals surface area (Å²) >= 11 is 5.48. The molecule has 2 aliphatic rings. The van der Waals surface area contributed by atoms with Crippen molar-refractivity contribution in [1.82, 2.24) is 9.55 Å². The van der Waals surface area contributed by atoms with Crippen LogP contribution in [0.25, 0.3) is 10.9 Å². The van der Waals surface area contributed by atoms with Gasteiger partial charge in [0.1, 0.15) is 0 Å². The maximum Gasteiger partial charge on any atom is 0.262 e. The molecular formula is C20H29N4O2S+. The number of anilines is 1. The Hall–Kier alpha value is -1.70. The molecule has 1 aromatic heterocycles. The van der Waals surface area contributed by atoms with Gasteiger partial charge in [-0.3, -0.25) is 9.36 Å². The van der Waals surface area contributed by atoms with Gasteiger partial charge in [-0.05, 0) is 49.2 Å². The number of aromatic amines is 1. The van der Waals surface area contributed by atoms with E-state index in [1.54, 1.807) is 9.47 Å². The summed E-state index contributed by atoms with van der Waals surface area (Å²) in [4.78, 5) is 20.2. The van der Waals surface area contributed by atoms with Gasteiger partial charge in [-0.25, -0.2) is 0 Å². The van der Waals surface area contributed by atoms with Crippen molar-refractivity contribution in [2.75, 3.05) is 50.8 Å². The molecule has 2 N–H and O–H groups in total. The first-order valence-electron chi connectivity index (χ1n) is 10.0. The van der Waals surface area contributed by atoms with E-state index >= 15 is 0 Å². The fourth-order valence-electron chi connectivity index (χ4n) is 4.15. The third kappa shape index (κ3) is 4.10. The zero-order valence-corrected chi connectivity index (χ0v) is 16.8. The maximum absolute atomic E-state index is 13.1. The molecule has 7 heteroatoms. The van der Waals surface area contributed by atoms with Crippen LogP contribution in [-0.2, 0) is 11.3 Å². The number of nitrogens with zero attached hydrogens (tertiary/aromatic N) is 2. The molecule has 0 spiro atoms. The molecular weight excluding hydrogens is 360 g/mol. The lowest BCUT2D eigenvalue weighted by Gasteiger charge is -2.29. The monoisotopic (exact) mass is 389 g/mol. The molecule has 0 saturated carbocycles. The van der Waals surface area contributed by atoms with Gasteiger partial charge in [0.25, 0.3) is 5.56 Å². The molecule has 0 bridgehead atoms. The molecule has 2 aliphatic heterocycles. The second kappa shape index (κ2) is 8.12. The van der Waals surface area contributed by atoms with Gasteiger partial charge in [0.05, 0.1) is 50.3 Å². The Balaban J connectivity index is 1.58. The van der Waals surface area contributed by atoms with Crippen molar-refractivity contribution in [1.29, 1.82) is 0 Å². The van der Waals surface area contributed by atoms with Gasteiger partial charge in [-0.15, -0.1) is 0 Å². The van der Waals surface area contributed by atoms with Crippen LogP contribution in [0.1, 0.15) is 19.8 Å². The molecule has 6 nitrogen and oxygen atoms in total. The minimum absolute atomic E-state index is 0.0219. The molecule has 2 aromatic rings. The number of likely N-dealkylation sites (tertiary alicyclic amines) is 1. The highest BCUT2D eigenvalue weighted by Gasteiger charge is 2.19.